The molecule has 3 aromatic rings. The minimum Gasteiger partial charge on any atom is -0.346 e. The molecule has 4 rings (SSSR count). The molecule has 6 heteroatoms. The predicted octanol–water partition coefficient (Wildman–Crippen LogP) is 2.56. The predicted molar refractivity (Wildman–Crippen MR) is 84.9 cm³/mol. The van der Waals surface area contributed by atoms with Gasteiger partial charge in [0.05, 0.1) is 12.3 Å². The van der Waals surface area contributed by atoms with Crippen molar-refractivity contribution in [2.24, 2.45) is 5.92 Å². The van der Waals surface area contributed by atoms with Gasteiger partial charge in [-0.15, -0.1) is 0 Å². The van der Waals surface area contributed by atoms with Crippen molar-refractivity contribution in [1.29, 1.82) is 5.26 Å². The fourth-order valence-corrected chi connectivity index (χ4v) is 3.60. The fraction of sp³-hybridized carbons (Fsp3) is 0.438. The van der Waals surface area contributed by atoms with Crippen LogP contribution in [0.4, 0.5) is 0 Å². The average molecular weight is 294 g/mol. The third-order valence-corrected chi connectivity index (χ3v) is 4.67. The monoisotopic (exact) mass is 294 g/mol. The topological polar surface area (TPSA) is 73.5 Å². The normalized spacial score (nSPS) is 21.7. The lowest BCUT2D eigenvalue weighted by molar-refractivity contribution is 0.530. The summed E-state index contributed by atoms with van der Waals surface area (Å²) in [6.45, 7) is 3.12. The Hall–Kier alpha value is -2.55. The zero-order chi connectivity index (χ0) is 15.1. The SMILES string of the molecule is CC[C@@H]1CC(CC#N)CN1n1cnc2cnc3[nH]ccc3c21. The minimum absolute atomic E-state index is 0.441. The largest absolute Gasteiger partial charge is 0.346 e. The van der Waals surface area contributed by atoms with E-state index < -0.39 is 0 Å². The van der Waals surface area contributed by atoms with Crippen molar-refractivity contribution in [2.45, 2.75) is 32.2 Å². The van der Waals surface area contributed by atoms with Crippen molar-refractivity contribution in [3.8, 4) is 6.07 Å². The Labute approximate surface area is 128 Å². The Balaban J connectivity index is 1.83. The van der Waals surface area contributed by atoms with E-state index in [0.29, 0.717) is 18.4 Å². The number of rotatable bonds is 3. The summed E-state index contributed by atoms with van der Waals surface area (Å²) in [5, 5.41) is 12.4. The van der Waals surface area contributed by atoms with Gasteiger partial charge in [-0.1, -0.05) is 6.92 Å². The summed E-state index contributed by atoms with van der Waals surface area (Å²) in [7, 11) is 0. The summed E-state index contributed by atoms with van der Waals surface area (Å²) in [4.78, 5) is 12.1. The molecule has 0 saturated carbocycles. The van der Waals surface area contributed by atoms with Gasteiger partial charge in [0.15, 0.2) is 0 Å². The zero-order valence-corrected chi connectivity index (χ0v) is 12.5. The van der Waals surface area contributed by atoms with E-state index in [1.165, 1.54) is 0 Å². The summed E-state index contributed by atoms with van der Waals surface area (Å²) in [6.07, 6.45) is 8.38. The molecule has 6 nitrogen and oxygen atoms in total. The van der Waals surface area contributed by atoms with Crippen molar-refractivity contribution in [3.05, 3.63) is 24.8 Å². The molecule has 112 valence electrons. The molecule has 0 spiro atoms. The molecule has 0 radical (unpaired) electrons. The Morgan fingerprint density at radius 1 is 1.45 bits per heavy atom. The second-order valence-corrected chi connectivity index (χ2v) is 5.97. The highest BCUT2D eigenvalue weighted by Gasteiger charge is 2.32. The number of fused-ring (bicyclic) bond motifs is 3. The number of nitrogens with zero attached hydrogens (tertiary/aromatic N) is 5. The summed E-state index contributed by atoms with van der Waals surface area (Å²) in [5.41, 5.74) is 2.89. The van der Waals surface area contributed by atoms with E-state index in [2.05, 4.69) is 37.6 Å². The van der Waals surface area contributed by atoms with E-state index >= 15 is 0 Å². The lowest BCUT2D eigenvalue weighted by Gasteiger charge is -2.27. The van der Waals surface area contributed by atoms with E-state index in [1.807, 2.05) is 24.8 Å². The molecule has 22 heavy (non-hydrogen) atoms. The number of imidazole rings is 1. The van der Waals surface area contributed by atoms with Crippen molar-refractivity contribution < 1.29 is 0 Å². The second kappa shape index (κ2) is 5.02. The first-order chi connectivity index (χ1) is 10.8. The van der Waals surface area contributed by atoms with E-state index in [1.54, 1.807) is 0 Å². The lowest BCUT2D eigenvalue weighted by Crippen LogP contribution is -2.38. The van der Waals surface area contributed by atoms with E-state index in [9.17, 15) is 0 Å². The van der Waals surface area contributed by atoms with Crippen LogP contribution in [0.3, 0.4) is 0 Å². The summed E-state index contributed by atoms with van der Waals surface area (Å²) in [5.74, 6) is 0.441. The first-order valence-corrected chi connectivity index (χ1v) is 7.74. The van der Waals surface area contributed by atoms with Gasteiger partial charge >= 0.3 is 0 Å². The molecule has 1 aliphatic heterocycles. The van der Waals surface area contributed by atoms with E-state index in [-0.39, 0.29) is 0 Å². The number of aromatic amines is 1. The molecule has 1 unspecified atom stereocenters. The van der Waals surface area contributed by atoms with Gasteiger partial charge in [0.2, 0.25) is 0 Å². The maximum Gasteiger partial charge on any atom is 0.139 e. The number of hydrogen-bond donors (Lipinski definition) is 1. The lowest BCUT2D eigenvalue weighted by atomic mass is 10.0. The van der Waals surface area contributed by atoms with Gasteiger partial charge < -0.3 is 9.99 Å². The summed E-state index contributed by atoms with van der Waals surface area (Å²) >= 11 is 0. The van der Waals surface area contributed by atoms with Gasteiger partial charge in [0.1, 0.15) is 23.0 Å². The van der Waals surface area contributed by atoms with Gasteiger partial charge in [-0.05, 0) is 24.8 Å². The van der Waals surface area contributed by atoms with Crippen LogP contribution in [0.15, 0.2) is 24.8 Å². The van der Waals surface area contributed by atoms with Gasteiger partial charge in [0, 0.05) is 30.6 Å². The highest BCUT2D eigenvalue weighted by molar-refractivity contribution is 6.01. The molecule has 1 aliphatic rings. The van der Waals surface area contributed by atoms with Crippen LogP contribution >= 0.6 is 0 Å². The number of nitriles is 1. The van der Waals surface area contributed by atoms with Gasteiger partial charge in [-0.25, -0.2) is 14.6 Å². The van der Waals surface area contributed by atoms with E-state index in [0.717, 1.165) is 41.5 Å². The molecule has 0 bridgehead atoms. The molecule has 3 aromatic heterocycles. The standard InChI is InChI=1S/C16H18N6/c1-2-12-7-11(3-5-17)9-21(12)22-10-20-14-8-19-16-13(15(14)22)4-6-18-16/h4,6,8,10-12H,2-3,7,9H2,1H3,(H,18,19)/t11?,12-/m1/s1. The molecular formula is C16H18N6. The van der Waals surface area contributed by atoms with Gasteiger partial charge in [0.25, 0.3) is 0 Å². The maximum absolute atomic E-state index is 8.99. The van der Waals surface area contributed by atoms with Gasteiger partial charge in [-0.3, -0.25) is 0 Å². The van der Waals surface area contributed by atoms with E-state index in [4.69, 9.17) is 5.26 Å². The number of hydrogen-bond acceptors (Lipinski definition) is 4. The number of nitrogens with one attached hydrogen (secondary N) is 1. The van der Waals surface area contributed by atoms with Crippen LogP contribution in [-0.2, 0) is 0 Å². The highest BCUT2D eigenvalue weighted by atomic mass is 15.6. The zero-order valence-electron chi connectivity index (χ0n) is 12.5. The molecule has 1 N–H and O–H groups in total. The average Bonchev–Trinajstić information content (AvgIpc) is 3.23. The number of pyridine rings is 1. The number of H-pyrrole nitrogens is 1. The third-order valence-electron chi connectivity index (χ3n) is 4.67. The molecule has 1 fully saturated rings. The Morgan fingerprint density at radius 2 is 2.36 bits per heavy atom. The molecule has 4 heterocycles. The molecule has 0 aliphatic carbocycles. The fourth-order valence-electron chi connectivity index (χ4n) is 3.60. The summed E-state index contributed by atoms with van der Waals surface area (Å²) in [6, 6.07) is 4.82. The van der Waals surface area contributed by atoms with Crippen LogP contribution in [-0.4, -0.2) is 32.2 Å². The first-order valence-electron chi connectivity index (χ1n) is 7.74. The molecule has 0 amide bonds. The molecule has 1 saturated heterocycles. The quantitative estimate of drug-likeness (QED) is 0.805. The molecular weight excluding hydrogens is 276 g/mol. The molecule has 0 aromatic carbocycles. The number of aromatic nitrogens is 4. The first kappa shape index (κ1) is 13.1. The van der Waals surface area contributed by atoms with Crippen molar-refractivity contribution in [2.75, 3.05) is 11.6 Å². The maximum atomic E-state index is 8.99. The van der Waals surface area contributed by atoms with Crippen LogP contribution in [0, 0.1) is 17.2 Å². The smallest absolute Gasteiger partial charge is 0.139 e. The van der Waals surface area contributed by atoms with Crippen LogP contribution in [0.25, 0.3) is 22.1 Å². The van der Waals surface area contributed by atoms with Gasteiger partial charge in [-0.2, -0.15) is 5.26 Å². The molecule has 2 atom stereocenters. The second-order valence-electron chi connectivity index (χ2n) is 5.97. The van der Waals surface area contributed by atoms with Crippen LogP contribution < -0.4 is 5.01 Å². The van der Waals surface area contributed by atoms with Crippen molar-refractivity contribution in [3.63, 3.8) is 0 Å². The Morgan fingerprint density at radius 3 is 3.18 bits per heavy atom. The third kappa shape index (κ3) is 1.86. The van der Waals surface area contributed by atoms with Crippen LogP contribution in [0.1, 0.15) is 26.2 Å². The van der Waals surface area contributed by atoms with Crippen LogP contribution in [0.5, 0.6) is 0 Å². The summed E-state index contributed by atoms with van der Waals surface area (Å²) < 4.78 is 2.17. The van der Waals surface area contributed by atoms with Crippen molar-refractivity contribution >= 4 is 22.1 Å². The van der Waals surface area contributed by atoms with Crippen LogP contribution in [0.2, 0.25) is 0 Å². The Bertz CT molecular complexity index is 854. The van der Waals surface area contributed by atoms with Crippen molar-refractivity contribution in [1.82, 2.24) is 19.6 Å². The Kier molecular flexibility index (Phi) is 3.00. The minimum atomic E-state index is 0.441. The highest BCUT2D eigenvalue weighted by Crippen LogP contribution is 2.30.